The van der Waals surface area contributed by atoms with Crippen molar-refractivity contribution in [1.29, 1.82) is 0 Å². The van der Waals surface area contributed by atoms with Gasteiger partial charge < -0.3 is 15.3 Å². The Morgan fingerprint density at radius 1 is 1.35 bits per heavy atom. The highest BCUT2D eigenvalue weighted by Gasteiger charge is 2.24. The number of nitrogens with one attached hydrogen (secondary N) is 1. The Hall–Kier alpha value is -1.06. The van der Waals surface area contributed by atoms with E-state index in [-0.39, 0.29) is 5.41 Å². The fourth-order valence-electron chi connectivity index (χ4n) is 3.32. The van der Waals surface area contributed by atoms with E-state index in [0.717, 1.165) is 19.5 Å². The Bertz CT molecular complexity index is 454. The molecule has 1 unspecified atom stereocenters. The highest BCUT2D eigenvalue weighted by atomic mass is 16.3. The molecule has 0 aliphatic heterocycles. The first-order chi connectivity index (χ1) is 9.37. The summed E-state index contributed by atoms with van der Waals surface area (Å²) in [5.74, 6) is 0.386. The molecular formula is C17H28N2O. The van der Waals surface area contributed by atoms with Crippen molar-refractivity contribution in [2.45, 2.75) is 39.2 Å². The molecule has 0 spiro atoms. The van der Waals surface area contributed by atoms with Gasteiger partial charge in [-0.2, -0.15) is 0 Å². The number of nitrogens with zero attached hydrogens (tertiary/aromatic N) is 1. The van der Waals surface area contributed by atoms with Crippen molar-refractivity contribution in [3.63, 3.8) is 0 Å². The number of phenolic OH excluding ortho intramolecular Hbond substituents is 1. The number of rotatable bonds is 5. The van der Waals surface area contributed by atoms with Crippen molar-refractivity contribution in [3.8, 4) is 5.75 Å². The minimum Gasteiger partial charge on any atom is -0.508 e. The van der Waals surface area contributed by atoms with Gasteiger partial charge in [0.15, 0.2) is 0 Å². The van der Waals surface area contributed by atoms with Crippen LogP contribution in [0.4, 0.5) is 0 Å². The van der Waals surface area contributed by atoms with Crippen LogP contribution in [0, 0.1) is 5.41 Å². The minimum absolute atomic E-state index is 0.262. The van der Waals surface area contributed by atoms with E-state index >= 15 is 0 Å². The zero-order valence-corrected chi connectivity index (χ0v) is 13.2. The fraction of sp³-hybridized carbons (Fsp3) is 0.647. The zero-order valence-electron chi connectivity index (χ0n) is 13.2. The Kier molecular flexibility index (Phi) is 4.71. The van der Waals surface area contributed by atoms with E-state index in [9.17, 15) is 5.11 Å². The standard InChI is InChI=1S/C17H28N2O/c1-17(2,12-19(3)4)11-18-16-7-5-6-13-10-14(20)8-9-15(13)16/h8-10,16,18,20H,5-7,11-12H2,1-4H3. The number of hydrogen-bond acceptors (Lipinski definition) is 3. The Labute approximate surface area is 123 Å². The second kappa shape index (κ2) is 6.15. The number of aromatic hydroxyl groups is 1. The van der Waals surface area contributed by atoms with Crippen LogP contribution in [0.1, 0.15) is 43.9 Å². The van der Waals surface area contributed by atoms with Gasteiger partial charge in [0.1, 0.15) is 5.75 Å². The van der Waals surface area contributed by atoms with Gasteiger partial charge >= 0.3 is 0 Å². The normalized spacial score (nSPS) is 19.1. The average molecular weight is 276 g/mol. The molecule has 0 heterocycles. The van der Waals surface area contributed by atoms with Crippen molar-refractivity contribution < 1.29 is 5.11 Å². The van der Waals surface area contributed by atoms with Gasteiger partial charge in [-0.3, -0.25) is 0 Å². The third-order valence-electron chi connectivity index (χ3n) is 4.01. The van der Waals surface area contributed by atoms with E-state index in [1.165, 1.54) is 24.0 Å². The first kappa shape index (κ1) is 15.3. The van der Waals surface area contributed by atoms with Gasteiger partial charge in [-0.15, -0.1) is 0 Å². The van der Waals surface area contributed by atoms with Gasteiger partial charge in [0.05, 0.1) is 0 Å². The van der Waals surface area contributed by atoms with Crippen LogP contribution >= 0.6 is 0 Å². The molecule has 3 nitrogen and oxygen atoms in total. The second-order valence-electron chi connectivity index (χ2n) is 7.11. The predicted molar refractivity (Wildman–Crippen MR) is 84.1 cm³/mol. The molecule has 0 fully saturated rings. The molecule has 20 heavy (non-hydrogen) atoms. The molecule has 0 bridgehead atoms. The van der Waals surface area contributed by atoms with Gasteiger partial charge in [-0.05, 0) is 62.0 Å². The summed E-state index contributed by atoms with van der Waals surface area (Å²) in [6, 6.07) is 6.25. The first-order valence-corrected chi connectivity index (χ1v) is 7.57. The quantitative estimate of drug-likeness (QED) is 0.868. The van der Waals surface area contributed by atoms with Crippen molar-refractivity contribution in [1.82, 2.24) is 10.2 Å². The molecule has 0 saturated heterocycles. The topological polar surface area (TPSA) is 35.5 Å². The maximum Gasteiger partial charge on any atom is 0.115 e. The van der Waals surface area contributed by atoms with Crippen LogP contribution in [0.2, 0.25) is 0 Å². The van der Waals surface area contributed by atoms with E-state index in [0.29, 0.717) is 11.8 Å². The highest BCUT2D eigenvalue weighted by Crippen LogP contribution is 2.32. The monoisotopic (exact) mass is 276 g/mol. The molecule has 2 rings (SSSR count). The summed E-state index contributed by atoms with van der Waals surface area (Å²) in [5.41, 5.74) is 2.94. The molecule has 0 aromatic heterocycles. The van der Waals surface area contributed by atoms with E-state index in [2.05, 4.69) is 44.2 Å². The molecule has 1 aromatic rings. The lowest BCUT2D eigenvalue weighted by atomic mass is 9.86. The molecule has 1 aromatic carbocycles. The summed E-state index contributed by atoms with van der Waals surface area (Å²) in [6.07, 6.45) is 3.47. The molecule has 0 amide bonds. The number of phenols is 1. The Morgan fingerprint density at radius 3 is 2.80 bits per heavy atom. The Morgan fingerprint density at radius 2 is 2.10 bits per heavy atom. The number of benzene rings is 1. The smallest absolute Gasteiger partial charge is 0.115 e. The zero-order chi connectivity index (χ0) is 14.8. The third-order valence-corrected chi connectivity index (χ3v) is 4.01. The molecule has 1 aliphatic carbocycles. The maximum absolute atomic E-state index is 9.61. The van der Waals surface area contributed by atoms with Gasteiger partial charge in [-0.25, -0.2) is 0 Å². The van der Waals surface area contributed by atoms with Crippen molar-refractivity contribution in [2.75, 3.05) is 27.2 Å². The molecule has 1 atom stereocenters. The molecular weight excluding hydrogens is 248 g/mol. The lowest BCUT2D eigenvalue weighted by Crippen LogP contribution is -2.39. The van der Waals surface area contributed by atoms with E-state index in [1.807, 2.05) is 12.1 Å². The van der Waals surface area contributed by atoms with Crippen LogP contribution < -0.4 is 5.32 Å². The van der Waals surface area contributed by atoms with E-state index in [4.69, 9.17) is 0 Å². The SMILES string of the molecule is CN(C)CC(C)(C)CNC1CCCc2cc(O)ccc21. The fourth-order valence-corrected chi connectivity index (χ4v) is 3.32. The van der Waals surface area contributed by atoms with Crippen molar-refractivity contribution in [2.24, 2.45) is 5.41 Å². The summed E-state index contributed by atoms with van der Waals surface area (Å²) < 4.78 is 0. The highest BCUT2D eigenvalue weighted by molar-refractivity contribution is 5.38. The van der Waals surface area contributed by atoms with Crippen LogP contribution in [-0.4, -0.2) is 37.2 Å². The number of aryl methyl sites for hydroxylation is 1. The largest absolute Gasteiger partial charge is 0.508 e. The lowest BCUT2D eigenvalue weighted by Gasteiger charge is -2.33. The molecule has 1 aliphatic rings. The van der Waals surface area contributed by atoms with Crippen molar-refractivity contribution >= 4 is 0 Å². The summed E-state index contributed by atoms with van der Waals surface area (Å²) in [6.45, 7) is 6.70. The molecule has 3 heteroatoms. The molecule has 112 valence electrons. The van der Waals surface area contributed by atoms with Crippen LogP contribution in [-0.2, 0) is 6.42 Å². The summed E-state index contributed by atoms with van der Waals surface area (Å²) in [7, 11) is 4.25. The summed E-state index contributed by atoms with van der Waals surface area (Å²) in [5, 5.41) is 13.3. The number of fused-ring (bicyclic) bond motifs is 1. The second-order valence-corrected chi connectivity index (χ2v) is 7.11. The molecule has 2 N–H and O–H groups in total. The van der Waals surface area contributed by atoms with Crippen LogP contribution in [0.25, 0.3) is 0 Å². The summed E-state index contributed by atoms with van der Waals surface area (Å²) in [4.78, 5) is 2.24. The molecule has 0 saturated carbocycles. The number of hydrogen-bond donors (Lipinski definition) is 2. The lowest BCUT2D eigenvalue weighted by molar-refractivity contribution is 0.222. The van der Waals surface area contributed by atoms with E-state index in [1.54, 1.807) is 0 Å². The Balaban J connectivity index is 2.02. The van der Waals surface area contributed by atoms with Gasteiger partial charge in [-0.1, -0.05) is 19.9 Å². The van der Waals surface area contributed by atoms with Gasteiger partial charge in [0.25, 0.3) is 0 Å². The maximum atomic E-state index is 9.61. The van der Waals surface area contributed by atoms with Crippen molar-refractivity contribution in [3.05, 3.63) is 29.3 Å². The van der Waals surface area contributed by atoms with Gasteiger partial charge in [0.2, 0.25) is 0 Å². The summed E-state index contributed by atoms with van der Waals surface area (Å²) >= 11 is 0. The van der Waals surface area contributed by atoms with E-state index < -0.39 is 0 Å². The first-order valence-electron chi connectivity index (χ1n) is 7.57. The van der Waals surface area contributed by atoms with Crippen LogP contribution in [0.15, 0.2) is 18.2 Å². The third kappa shape index (κ3) is 3.97. The minimum atomic E-state index is 0.262. The van der Waals surface area contributed by atoms with Crippen LogP contribution in [0.3, 0.4) is 0 Å². The molecule has 0 radical (unpaired) electrons. The predicted octanol–water partition coefficient (Wildman–Crippen LogP) is 2.95. The van der Waals surface area contributed by atoms with Gasteiger partial charge in [0, 0.05) is 19.1 Å². The average Bonchev–Trinajstić information content (AvgIpc) is 2.34. The van der Waals surface area contributed by atoms with Crippen LogP contribution in [0.5, 0.6) is 5.75 Å².